The average Bonchev–Trinajstić information content (AvgIpc) is 2.76. The second-order valence-electron chi connectivity index (χ2n) is 5.42. The SMILES string of the molecule is CC(C)=CCCC(C)CCCCC1OCCO1. The van der Waals surface area contributed by atoms with E-state index in [4.69, 9.17) is 9.47 Å². The molecule has 0 aromatic rings. The van der Waals surface area contributed by atoms with Crippen LogP contribution < -0.4 is 0 Å². The Labute approximate surface area is 106 Å². The molecule has 2 nitrogen and oxygen atoms in total. The number of allylic oxidation sites excluding steroid dienone is 2. The Balaban J connectivity index is 1.92. The van der Waals surface area contributed by atoms with Crippen LogP contribution in [-0.2, 0) is 9.47 Å². The fourth-order valence-corrected chi connectivity index (χ4v) is 2.18. The lowest BCUT2D eigenvalue weighted by Crippen LogP contribution is -2.07. The molecular weight excluding hydrogens is 212 g/mol. The van der Waals surface area contributed by atoms with Crippen LogP contribution in [0.3, 0.4) is 0 Å². The molecule has 2 heteroatoms. The monoisotopic (exact) mass is 240 g/mol. The summed E-state index contributed by atoms with van der Waals surface area (Å²) in [6, 6.07) is 0. The predicted octanol–water partition coefficient (Wildman–Crippen LogP) is 4.30. The zero-order chi connectivity index (χ0) is 12.5. The van der Waals surface area contributed by atoms with Crippen LogP contribution in [0, 0.1) is 5.92 Å². The van der Waals surface area contributed by atoms with Gasteiger partial charge < -0.3 is 9.47 Å². The van der Waals surface area contributed by atoms with Crippen molar-refractivity contribution < 1.29 is 9.47 Å². The van der Waals surface area contributed by atoms with Gasteiger partial charge in [-0.25, -0.2) is 0 Å². The van der Waals surface area contributed by atoms with Crippen LogP contribution >= 0.6 is 0 Å². The Bertz CT molecular complexity index is 213. The molecule has 100 valence electrons. The first-order valence-corrected chi connectivity index (χ1v) is 7.05. The smallest absolute Gasteiger partial charge is 0.157 e. The molecule has 0 aliphatic carbocycles. The highest BCUT2D eigenvalue weighted by Gasteiger charge is 2.14. The molecule has 1 atom stereocenters. The van der Waals surface area contributed by atoms with Gasteiger partial charge in [0.2, 0.25) is 0 Å². The number of ether oxygens (including phenoxy) is 2. The van der Waals surface area contributed by atoms with Crippen LogP contribution in [0.1, 0.15) is 59.3 Å². The molecule has 0 amide bonds. The van der Waals surface area contributed by atoms with Gasteiger partial charge in [0.05, 0.1) is 13.2 Å². The lowest BCUT2D eigenvalue weighted by molar-refractivity contribution is -0.0481. The minimum atomic E-state index is 0.0935. The van der Waals surface area contributed by atoms with Gasteiger partial charge in [0.1, 0.15) is 0 Å². The Morgan fingerprint density at radius 1 is 1.18 bits per heavy atom. The maximum Gasteiger partial charge on any atom is 0.157 e. The molecule has 17 heavy (non-hydrogen) atoms. The van der Waals surface area contributed by atoms with Crippen molar-refractivity contribution in [2.24, 2.45) is 5.92 Å². The second-order valence-corrected chi connectivity index (χ2v) is 5.42. The molecule has 0 N–H and O–H groups in total. The third kappa shape index (κ3) is 7.56. The Hall–Kier alpha value is -0.340. The van der Waals surface area contributed by atoms with Crippen molar-refractivity contribution >= 4 is 0 Å². The van der Waals surface area contributed by atoms with Gasteiger partial charge in [-0.1, -0.05) is 31.4 Å². The molecular formula is C15H28O2. The van der Waals surface area contributed by atoms with Crippen LogP contribution in [0.25, 0.3) is 0 Å². The Morgan fingerprint density at radius 3 is 2.53 bits per heavy atom. The van der Waals surface area contributed by atoms with E-state index in [2.05, 4.69) is 26.8 Å². The Morgan fingerprint density at radius 2 is 1.88 bits per heavy atom. The van der Waals surface area contributed by atoms with E-state index >= 15 is 0 Å². The molecule has 1 rings (SSSR count). The highest BCUT2D eigenvalue weighted by atomic mass is 16.7. The van der Waals surface area contributed by atoms with E-state index in [0.29, 0.717) is 0 Å². The van der Waals surface area contributed by atoms with Crippen LogP contribution in [0.5, 0.6) is 0 Å². The standard InChI is InChI=1S/C15H28O2/c1-13(2)7-6-9-14(3)8-4-5-10-15-16-11-12-17-15/h7,14-15H,4-6,8-12H2,1-3H3. The van der Waals surface area contributed by atoms with Gasteiger partial charge in [0.25, 0.3) is 0 Å². The van der Waals surface area contributed by atoms with E-state index in [1.165, 1.54) is 37.7 Å². The summed E-state index contributed by atoms with van der Waals surface area (Å²) in [4.78, 5) is 0. The predicted molar refractivity (Wildman–Crippen MR) is 72.0 cm³/mol. The van der Waals surface area contributed by atoms with Crippen molar-refractivity contribution in [3.05, 3.63) is 11.6 Å². The third-order valence-corrected chi connectivity index (χ3v) is 3.29. The molecule has 1 unspecified atom stereocenters. The number of hydrogen-bond acceptors (Lipinski definition) is 2. The molecule has 1 aliphatic heterocycles. The summed E-state index contributed by atoms with van der Waals surface area (Å²) in [5, 5.41) is 0. The maximum atomic E-state index is 5.42. The summed E-state index contributed by atoms with van der Waals surface area (Å²) in [5.41, 5.74) is 1.44. The van der Waals surface area contributed by atoms with Crippen molar-refractivity contribution in [3.8, 4) is 0 Å². The van der Waals surface area contributed by atoms with E-state index in [0.717, 1.165) is 25.6 Å². The molecule has 0 saturated carbocycles. The molecule has 0 aromatic carbocycles. The van der Waals surface area contributed by atoms with Gasteiger partial charge in [-0.3, -0.25) is 0 Å². The minimum absolute atomic E-state index is 0.0935. The number of rotatable bonds is 8. The van der Waals surface area contributed by atoms with E-state index in [-0.39, 0.29) is 6.29 Å². The van der Waals surface area contributed by atoms with Crippen molar-refractivity contribution in [2.45, 2.75) is 65.6 Å². The summed E-state index contributed by atoms with van der Waals surface area (Å²) in [5.74, 6) is 0.844. The summed E-state index contributed by atoms with van der Waals surface area (Å²) in [6.07, 6.45) is 9.94. The fraction of sp³-hybridized carbons (Fsp3) is 0.867. The molecule has 0 aromatic heterocycles. The van der Waals surface area contributed by atoms with Gasteiger partial charge in [0.15, 0.2) is 6.29 Å². The van der Waals surface area contributed by atoms with Gasteiger partial charge in [0, 0.05) is 0 Å². The van der Waals surface area contributed by atoms with Gasteiger partial charge in [-0.2, -0.15) is 0 Å². The van der Waals surface area contributed by atoms with Gasteiger partial charge >= 0.3 is 0 Å². The van der Waals surface area contributed by atoms with Crippen LogP contribution in [-0.4, -0.2) is 19.5 Å². The van der Waals surface area contributed by atoms with Crippen molar-refractivity contribution in [1.29, 1.82) is 0 Å². The third-order valence-electron chi connectivity index (χ3n) is 3.29. The van der Waals surface area contributed by atoms with Gasteiger partial charge in [-0.15, -0.1) is 0 Å². The zero-order valence-electron chi connectivity index (χ0n) is 11.7. The first-order valence-electron chi connectivity index (χ1n) is 7.05. The van der Waals surface area contributed by atoms with E-state index in [1.54, 1.807) is 0 Å². The van der Waals surface area contributed by atoms with Crippen molar-refractivity contribution in [3.63, 3.8) is 0 Å². The van der Waals surface area contributed by atoms with E-state index < -0.39 is 0 Å². The zero-order valence-corrected chi connectivity index (χ0v) is 11.7. The van der Waals surface area contributed by atoms with Crippen LogP contribution in [0.4, 0.5) is 0 Å². The maximum absolute atomic E-state index is 5.42. The highest BCUT2D eigenvalue weighted by Crippen LogP contribution is 2.18. The normalized spacial score (nSPS) is 18.3. The fourth-order valence-electron chi connectivity index (χ4n) is 2.18. The largest absolute Gasteiger partial charge is 0.350 e. The second kappa shape index (κ2) is 8.71. The summed E-state index contributed by atoms with van der Waals surface area (Å²) >= 11 is 0. The van der Waals surface area contributed by atoms with Crippen molar-refractivity contribution in [2.75, 3.05) is 13.2 Å². The molecule has 0 radical (unpaired) electrons. The van der Waals surface area contributed by atoms with E-state index in [9.17, 15) is 0 Å². The number of hydrogen-bond donors (Lipinski definition) is 0. The Kier molecular flexibility index (Phi) is 7.54. The first-order chi connectivity index (χ1) is 8.18. The highest BCUT2D eigenvalue weighted by molar-refractivity contribution is 4.92. The molecule has 1 saturated heterocycles. The van der Waals surface area contributed by atoms with Crippen LogP contribution in [0.2, 0.25) is 0 Å². The molecule has 1 aliphatic rings. The van der Waals surface area contributed by atoms with Crippen molar-refractivity contribution in [1.82, 2.24) is 0 Å². The summed E-state index contributed by atoms with van der Waals surface area (Å²) in [6.45, 7) is 8.27. The lowest BCUT2D eigenvalue weighted by atomic mass is 9.97. The summed E-state index contributed by atoms with van der Waals surface area (Å²) < 4.78 is 10.8. The molecule has 1 fully saturated rings. The van der Waals surface area contributed by atoms with Crippen LogP contribution in [0.15, 0.2) is 11.6 Å². The molecule has 1 heterocycles. The summed E-state index contributed by atoms with van der Waals surface area (Å²) in [7, 11) is 0. The van der Waals surface area contributed by atoms with Gasteiger partial charge in [-0.05, 0) is 45.4 Å². The topological polar surface area (TPSA) is 18.5 Å². The average molecular weight is 240 g/mol. The van der Waals surface area contributed by atoms with E-state index in [1.807, 2.05) is 0 Å². The quantitative estimate of drug-likeness (QED) is 0.465. The molecule has 0 spiro atoms. The lowest BCUT2D eigenvalue weighted by Gasteiger charge is -2.11. The number of unbranched alkanes of at least 4 members (excludes halogenated alkanes) is 1. The first kappa shape index (κ1) is 14.7. The molecule has 0 bridgehead atoms. The minimum Gasteiger partial charge on any atom is -0.350 e.